The first-order valence-electron chi connectivity index (χ1n) is 9.35. The lowest BCUT2D eigenvalue weighted by Gasteiger charge is -2.21. The van der Waals surface area contributed by atoms with Crippen molar-refractivity contribution in [1.82, 2.24) is 4.90 Å². The number of aryl methyl sites for hydroxylation is 2. The molecule has 0 aliphatic carbocycles. The minimum atomic E-state index is -0.152. The summed E-state index contributed by atoms with van der Waals surface area (Å²) < 4.78 is 0. The SMILES string of the molecule is CCCN(CC(=O)Nc1ccccc1C)C(=O)CSCCc1ccccc1. The molecule has 4 nitrogen and oxygen atoms in total. The third kappa shape index (κ3) is 7.47. The van der Waals surface area contributed by atoms with Gasteiger partial charge in [0.25, 0.3) is 0 Å². The summed E-state index contributed by atoms with van der Waals surface area (Å²) in [5, 5.41) is 2.90. The second-order valence-corrected chi connectivity index (χ2v) is 7.57. The Bertz CT molecular complexity index is 734. The van der Waals surface area contributed by atoms with Crippen LogP contribution in [-0.2, 0) is 16.0 Å². The quantitative estimate of drug-likeness (QED) is 0.626. The number of hydrogen-bond donors (Lipinski definition) is 1. The molecule has 0 spiro atoms. The van der Waals surface area contributed by atoms with E-state index in [4.69, 9.17) is 0 Å². The van der Waals surface area contributed by atoms with Crippen LogP contribution in [0.3, 0.4) is 0 Å². The van der Waals surface area contributed by atoms with E-state index in [1.54, 1.807) is 16.7 Å². The Labute approximate surface area is 166 Å². The van der Waals surface area contributed by atoms with Crippen LogP contribution in [0.2, 0.25) is 0 Å². The van der Waals surface area contributed by atoms with Gasteiger partial charge in [-0.2, -0.15) is 11.8 Å². The van der Waals surface area contributed by atoms with Crippen molar-refractivity contribution >= 4 is 29.3 Å². The largest absolute Gasteiger partial charge is 0.333 e. The molecular weight excluding hydrogens is 356 g/mol. The van der Waals surface area contributed by atoms with Crippen molar-refractivity contribution < 1.29 is 9.59 Å². The normalized spacial score (nSPS) is 10.4. The molecule has 27 heavy (non-hydrogen) atoms. The smallest absolute Gasteiger partial charge is 0.244 e. The van der Waals surface area contributed by atoms with Crippen LogP contribution in [-0.4, -0.2) is 41.3 Å². The standard InChI is InChI=1S/C22H28N2O2S/c1-3-14-24(16-21(25)23-20-12-8-7-9-18(20)2)22(26)17-27-15-13-19-10-5-4-6-11-19/h4-12H,3,13-17H2,1-2H3,(H,23,25). The van der Waals surface area contributed by atoms with Crippen molar-refractivity contribution in [2.45, 2.75) is 26.7 Å². The lowest BCUT2D eigenvalue weighted by Crippen LogP contribution is -2.39. The van der Waals surface area contributed by atoms with Crippen LogP contribution in [0.15, 0.2) is 54.6 Å². The van der Waals surface area contributed by atoms with Gasteiger partial charge in [-0.25, -0.2) is 0 Å². The molecule has 0 aliphatic heterocycles. The highest BCUT2D eigenvalue weighted by Gasteiger charge is 2.16. The minimum Gasteiger partial charge on any atom is -0.333 e. The lowest BCUT2D eigenvalue weighted by molar-refractivity contribution is -0.132. The van der Waals surface area contributed by atoms with Gasteiger partial charge >= 0.3 is 0 Å². The van der Waals surface area contributed by atoms with Crippen LogP contribution >= 0.6 is 11.8 Å². The molecule has 0 atom stereocenters. The molecule has 144 valence electrons. The van der Waals surface area contributed by atoms with Crippen molar-refractivity contribution in [1.29, 1.82) is 0 Å². The van der Waals surface area contributed by atoms with Crippen LogP contribution in [0.5, 0.6) is 0 Å². The Kier molecular flexibility index (Phi) is 8.92. The average Bonchev–Trinajstić information content (AvgIpc) is 2.67. The highest BCUT2D eigenvalue weighted by Crippen LogP contribution is 2.13. The number of benzene rings is 2. The van der Waals surface area contributed by atoms with Crippen molar-refractivity contribution in [2.75, 3.05) is 29.9 Å². The number of nitrogens with one attached hydrogen (secondary N) is 1. The fraction of sp³-hybridized carbons (Fsp3) is 0.364. The Balaban J connectivity index is 1.79. The molecule has 0 heterocycles. The number of rotatable bonds is 10. The third-order valence-electron chi connectivity index (χ3n) is 4.20. The van der Waals surface area contributed by atoms with Crippen LogP contribution < -0.4 is 5.32 Å². The highest BCUT2D eigenvalue weighted by atomic mass is 32.2. The molecule has 2 aromatic rings. The molecule has 0 unspecified atom stereocenters. The van der Waals surface area contributed by atoms with Crippen molar-refractivity contribution in [3.05, 3.63) is 65.7 Å². The highest BCUT2D eigenvalue weighted by molar-refractivity contribution is 7.99. The number of carbonyl (C=O) groups excluding carboxylic acids is 2. The van der Waals surface area contributed by atoms with E-state index in [2.05, 4.69) is 17.4 Å². The van der Waals surface area contributed by atoms with Crippen LogP contribution in [0.25, 0.3) is 0 Å². The summed E-state index contributed by atoms with van der Waals surface area (Å²) in [4.78, 5) is 26.5. The van der Waals surface area contributed by atoms with Gasteiger partial charge in [0, 0.05) is 12.2 Å². The predicted octanol–water partition coefficient (Wildman–Crippen LogP) is 4.15. The topological polar surface area (TPSA) is 49.4 Å². The molecule has 2 amide bonds. The van der Waals surface area contributed by atoms with Gasteiger partial charge in [-0.15, -0.1) is 0 Å². The first-order valence-corrected chi connectivity index (χ1v) is 10.5. The zero-order valence-electron chi connectivity index (χ0n) is 16.1. The summed E-state index contributed by atoms with van der Waals surface area (Å²) in [6, 6.07) is 17.9. The van der Waals surface area contributed by atoms with Gasteiger partial charge in [-0.05, 0) is 42.7 Å². The molecular formula is C22H28N2O2S. The number of anilines is 1. The maximum atomic E-state index is 12.5. The number of hydrogen-bond acceptors (Lipinski definition) is 3. The van der Waals surface area contributed by atoms with Gasteiger partial charge in [0.1, 0.15) is 0 Å². The number of para-hydroxylation sites is 1. The molecule has 0 fully saturated rings. The first-order chi connectivity index (χ1) is 13.1. The second-order valence-electron chi connectivity index (χ2n) is 6.47. The van der Waals surface area contributed by atoms with E-state index in [9.17, 15) is 9.59 Å². The van der Waals surface area contributed by atoms with Gasteiger partial charge in [0.05, 0.1) is 12.3 Å². The Morgan fingerprint density at radius 1 is 1.04 bits per heavy atom. The van der Waals surface area contributed by atoms with Crippen molar-refractivity contribution in [3.63, 3.8) is 0 Å². The molecule has 2 rings (SSSR count). The molecule has 0 saturated carbocycles. The van der Waals surface area contributed by atoms with Crippen LogP contribution in [0.4, 0.5) is 5.69 Å². The van der Waals surface area contributed by atoms with E-state index >= 15 is 0 Å². The van der Waals surface area contributed by atoms with Crippen LogP contribution in [0.1, 0.15) is 24.5 Å². The molecule has 0 radical (unpaired) electrons. The van der Waals surface area contributed by atoms with E-state index in [1.165, 1.54) is 5.56 Å². The maximum Gasteiger partial charge on any atom is 0.244 e. The average molecular weight is 385 g/mol. The number of amides is 2. The molecule has 0 aliphatic rings. The monoisotopic (exact) mass is 384 g/mol. The molecule has 1 N–H and O–H groups in total. The summed E-state index contributed by atoms with van der Waals surface area (Å²) in [5.74, 6) is 1.17. The van der Waals surface area contributed by atoms with Gasteiger partial charge in [0.15, 0.2) is 0 Å². The fourth-order valence-corrected chi connectivity index (χ4v) is 3.61. The molecule has 0 bridgehead atoms. The zero-order valence-corrected chi connectivity index (χ0v) is 16.9. The van der Waals surface area contributed by atoms with Gasteiger partial charge in [0.2, 0.25) is 11.8 Å². The van der Waals surface area contributed by atoms with E-state index < -0.39 is 0 Å². The minimum absolute atomic E-state index is 0.0230. The lowest BCUT2D eigenvalue weighted by atomic mass is 10.2. The summed E-state index contributed by atoms with van der Waals surface area (Å²) in [5.41, 5.74) is 3.08. The zero-order chi connectivity index (χ0) is 19.5. The number of thioether (sulfide) groups is 1. The van der Waals surface area contributed by atoms with E-state index in [0.717, 1.165) is 29.8 Å². The van der Waals surface area contributed by atoms with E-state index in [1.807, 2.05) is 56.3 Å². The summed E-state index contributed by atoms with van der Waals surface area (Å²) in [7, 11) is 0. The van der Waals surface area contributed by atoms with E-state index in [0.29, 0.717) is 12.3 Å². The maximum absolute atomic E-state index is 12.5. The summed E-state index contributed by atoms with van der Waals surface area (Å²) in [6.07, 6.45) is 1.78. The van der Waals surface area contributed by atoms with Crippen molar-refractivity contribution in [3.8, 4) is 0 Å². The first kappa shape index (κ1) is 21.0. The van der Waals surface area contributed by atoms with Crippen molar-refractivity contribution in [2.24, 2.45) is 0 Å². The van der Waals surface area contributed by atoms with E-state index in [-0.39, 0.29) is 18.4 Å². The Hall–Kier alpha value is -2.27. The molecule has 0 saturated heterocycles. The predicted molar refractivity (Wildman–Crippen MR) is 114 cm³/mol. The molecule has 5 heteroatoms. The summed E-state index contributed by atoms with van der Waals surface area (Å²) in [6.45, 7) is 4.66. The Morgan fingerprint density at radius 3 is 2.44 bits per heavy atom. The van der Waals surface area contributed by atoms with Crippen LogP contribution in [0, 0.1) is 6.92 Å². The van der Waals surface area contributed by atoms with Gasteiger partial charge in [-0.1, -0.05) is 55.5 Å². The third-order valence-corrected chi connectivity index (χ3v) is 5.15. The van der Waals surface area contributed by atoms with Gasteiger partial charge < -0.3 is 10.2 Å². The fourth-order valence-electron chi connectivity index (χ4n) is 2.72. The Morgan fingerprint density at radius 2 is 1.74 bits per heavy atom. The van der Waals surface area contributed by atoms with Gasteiger partial charge in [-0.3, -0.25) is 9.59 Å². The summed E-state index contributed by atoms with van der Waals surface area (Å²) >= 11 is 1.62. The molecule has 0 aromatic heterocycles. The molecule has 2 aromatic carbocycles. The number of nitrogens with zero attached hydrogens (tertiary/aromatic N) is 1. The number of carbonyl (C=O) groups is 2. The second kappa shape index (κ2) is 11.4.